The number of hydrogen-bond donors (Lipinski definition) is 3. The van der Waals surface area contributed by atoms with Gasteiger partial charge in [-0.25, -0.2) is 0 Å². The molecule has 0 aliphatic carbocycles. The summed E-state index contributed by atoms with van der Waals surface area (Å²) in [6, 6.07) is 4.01. The van der Waals surface area contributed by atoms with E-state index in [1.165, 1.54) is 89.5 Å². The molecule has 1 atom stereocenters. The van der Waals surface area contributed by atoms with Crippen molar-refractivity contribution >= 4 is 69.4 Å². The molecular formula is C26H41Cl3N4O4S. The molecule has 0 heterocycles. The van der Waals surface area contributed by atoms with Crippen LogP contribution in [0.25, 0.3) is 0 Å². The van der Waals surface area contributed by atoms with Crippen LogP contribution < -0.4 is 20.7 Å². The van der Waals surface area contributed by atoms with Crippen LogP contribution >= 0.6 is 47.0 Å². The molecule has 0 unspecified atom stereocenters. The Morgan fingerprint density at radius 2 is 1.50 bits per heavy atom. The molecule has 0 aromatic heterocycles. The summed E-state index contributed by atoms with van der Waals surface area (Å²) in [5.74, 6) is -0.0483. The van der Waals surface area contributed by atoms with E-state index in [9.17, 15) is 14.9 Å². The molecular weight excluding hydrogens is 571 g/mol. The summed E-state index contributed by atoms with van der Waals surface area (Å²) in [6.07, 6.45) is 15.1. The van der Waals surface area contributed by atoms with E-state index in [-0.39, 0.29) is 22.5 Å². The Labute approximate surface area is 247 Å². The van der Waals surface area contributed by atoms with Crippen LogP contribution in [0, 0.1) is 10.1 Å². The first-order chi connectivity index (χ1) is 18.1. The van der Waals surface area contributed by atoms with Gasteiger partial charge in [0.2, 0.25) is 9.70 Å². The third-order valence-corrected chi connectivity index (χ3v) is 6.93. The van der Waals surface area contributed by atoms with E-state index in [2.05, 4.69) is 22.9 Å². The number of carbonyl (C=O) groups excluding carboxylic acids is 1. The molecule has 3 N–H and O–H groups in total. The van der Waals surface area contributed by atoms with Crippen molar-refractivity contribution in [3.63, 3.8) is 0 Å². The Bertz CT molecular complexity index is 871. The maximum Gasteiger partial charge on any atom is 0.273 e. The number of nitrogens with one attached hydrogen (secondary N) is 3. The lowest BCUT2D eigenvalue weighted by Crippen LogP contribution is -2.56. The molecule has 0 radical (unpaired) electrons. The third kappa shape index (κ3) is 15.1. The quantitative estimate of drug-likeness (QED) is 0.0362. The van der Waals surface area contributed by atoms with Crippen molar-refractivity contribution in [1.82, 2.24) is 10.6 Å². The molecule has 1 rings (SSSR count). The van der Waals surface area contributed by atoms with Crippen molar-refractivity contribution in [2.75, 3.05) is 12.4 Å². The third-order valence-electron chi connectivity index (χ3n) is 6.06. The summed E-state index contributed by atoms with van der Waals surface area (Å²) in [4.78, 5) is 22.9. The minimum absolute atomic E-state index is 0.0368. The number of rotatable bonds is 19. The molecule has 0 saturated heterocycles. The van der Waals surface area contributed by atoms with Crippen molar-refractivity contribution in [1.29, 1.82) is 0 Å². The van der Waals surface area contributed by atoms with Gasteiger partial charge in [0.05, 0.1) is 23.8 Å². The summed E-state index contributed by atoms with van der Waals surface area (Å²) >= 11 is 23.5. The standard InChI is InChI=1S/C26H41Cl3N4O4S/c1-3-4-5-6-7-8-9-10-11-12-13-14-15-16-23(34)31-24(26(27,28)29)32-25(38)30-21-18-17-20(33(35)36)19-22(21)37-2/h17-19,24H,3-16H2,1-2H3,(H,31,34)(H2,30,32,38)/t24-/m1/s1. The van der Waals surface area contributed by atoms with E-state index in [0.29, 0.717) is 12.1 Å². The van der Waals surface area contributed by atoms with Gasteiger partial charge < -0.3 is 20.7 Å². The van der Waals surface area contributed by atoms with Crippen LogP contribution in [-0.2, 0) is 4.79 Å². The lowest BCUT2D eigenvalue weighted by atomic mass is 10.0. The number of unbranched alkanes of at least 4 members (excludes halogenated alkanes) is 12. The molecule has 1 amide bonds. The van der Waals surface area contributed by atoms with Gasteiger partial charge >= 0.3 is 0 Å². The number of nitrogens with zero attached hydrogens (tertiary/aromatic N) is 1. The maximum absolute atomic E-state index is 12.5. The maximum atomic E-state index is 12.5. The number of hydrogen-bond acceptors (Lipinski definition) is 5. The van der Waals surface area contributed by atoms with E-state index < -0.39 is 14.9 Å². The number of non-ortho nitro benzene ring substituents is 1. The fraction of sp³-hybridized carbons (Fsp3) is 0.692. The number of amides is 1. The second-order valence-corrected chi connectivity index (χ2v) is 12.1. The molecule has 12 heteroatoms. The van der Waals surface area contributed by atoms with E-state index in [0.717, 1.165) is 19.3 Å². The van der Waals surface area contributed by atoms with Gasteiger partial charge in [-0.15, -0.1) is 0 Å². The van der Waals surface area contributed by atoms with Crippen molar-refractivity contribution in [3.05, 3.63) is 28.3 Å². The summed E-state index contributed by atoms with van der Waals surface area (Å²) in [7, 11) is 1.38. The summed E-state index contributed by atoms with van der Waals surface area (Å²) in [6.45, 7) is 2.24. The van der Waals surface area contributed by atoms with E-state index in [4.69, 9.17) is 51.8 Å². The summed E-state index contributed by atoms with van der Waals surface area (Å²) in [5.41, 5.74) is 0.239. The highest BCUT2D eigenvalue weighted by Gasteiger charge is 2.34. The highest BCUT2D eigenvalue weighted by Crippen LogP contribution is 2.31. The smallest absolute Gasteiger partial charge is 0.273 e. The molecule has 0 saturated carbocycles. The van der Waals surface area contributed by atoms with Crippen molar-refractivity contribution < 1.29 is 14.5 Å². The number of nitro groups is 1. The van der Waals surface area contributed by atoms with Gasteiger partial charge in [-0.2, -0.15) is 0 Å². The Kier molecular flexibility index (Phi) is 17.7. The Hall–Kier alpha value is -1.55. The Morgan fingerprint density at radius 3 is 1.97 bits per heavy atom. The molecule has 1 aromatic carbocycles. The summed E-state index contributed by atoms with van der Waals surface area (Å²) < 4.78 is 3.31. The SMILES string of the molecule is CCCCCCCCCCCCCCCC(=O)N[C@H](NC(=S)Nc1ccc([N+](=O)[O-])cc1OC)C(Cl)(Cl)Cl. The first kappa shape index (κ1) is 34.5. The lowest BCUT2D eigenvalue weighted by molar-refractivity contribution is -0.384. The van der Waals surface area contributed by atoms with Crippen LogP contribution in [0.2, 0.25) is 0 Å². The number of benzene rings is 1. The number of anilines is 1. The normalized spacial score (nSPS) is 12.0. The van der Waals surface area contributed by atoms with Crippen LogP contribution in [-0.4, -0.2) is 33.0 Å². The zero-order valence-electron chi connectivity index (χ0n) is 22.3. The van der Waals surface area contributed by atoms with Crippen molar-refractivity contribution in [2.45, 2.75) is 107 Å². The van der Waals surface area contributed by atoms with Gasteiger partial charge in [-0.1, -0.05) is 119 Å². The van der Waals surface area contributed by atoms with Gasteiger partial charge in [-0.3, -0.25) is 14.9 Å². The molecule has 1 aromatic rings. The number of alkyl halides is 3. The Morgan fingerprint density at radius 1 is 0.974 bits per heavy atom. The number of ether oxygens (including phenoxy) is 1. The van der Waals surface area contributed by atoms with Gasteiger partial charge in [-0.05, 0) is 24.7 Å². The van der Waals surface area contributed by atoms with Gasteiger partial charge in [0, 0.05) is 12.5 Å². The average Bonchev–Trinajstić information content (AvgIpc) is 2.86. The second kappa shape index (κ2) is 19.5. The van der Waals surface area contributed by atoms with Crippen molar-refractivity contribution in [3.8, 4) is 5.75 Å². The minimum atomic E-state index is -1.88. The number of halogens is 3. The van der Waals surface area contributed by atoms with Crippen LogP contribution in [0.15, 0.2) is 18.2 Å². The van der Waals surface area contributed by atoms with Crippen LogP contribution in [0.4, 0.5) is 11.4 Å². The number of nitro benzene ring substituents is 1. The predicted octanol–water partition coefficient (Wildman–Crippen LogP) is 8.18. The highest BCUT2D eigenvalue weighted by molar-refractivity contribution is 7.80. The molecule has 0 bridgehead atoms. The molecule has 0 spiro atoms. The van der Waals surface area contributed by atoms with E-state index >= 15 is 0 Å². The molecule has 216 valence electrons. The van der Waals surface area contributed by atoms with Crippen LogP contribution in [0.3, 0.4) is 0 Å². The number of methoxy groups -OCH3 is 1. The lowest BCUT2D eigenvalue weighted by Gasteiger charge is -2.28. The molecule has 0 aliphatic heterocycles. The van der Waals surface area contributed by atoms with Crippen LogP contribution in [0.1, 0.15) is 96.8 Å². The van der Waals surface area contributed by atoms with Gasteiger partial charge in [0.1, 0.15) is 11.9 Å². The van der Waals surface area contributed by atoms with Crippen molar-refractivity contribution in [2.24, 2.45) is 0 Å². The Balaban J connectivity index is 2.35. The predicted molar refractivity (Wildman–Crippen MR) is 162 cm³/mol. The van der Waals surface area contributed by atoms with Crippen LogP contribution in [0.5, 0.6) is 5.75 Å². The largest absolute Gasteiger partial charge is 0.494 e. The molecule has 0 fully saturated rings. The van der Waals surface area contributed by atoms with Gasteiger partial charge in [0.25, 0.3) is 5.69 Å². The monoisotopic (exact) mass is 610 g/mol. The van der Waals surface area contributed by atoms with E-state index in [1.54, 1.807) is 0 Å². The molecule has 38 heavy (non-hydrogen) atoms. The molecule has 0 aliphatic rings. The van der Waals surface area contributed by atoms with E-state index in [1.807, 2.05) is 0 Å². The minimum Gasteiger partial charge on any atom is -0.494 e. The second-order valence-electron chi connectivity index (χ2n) is 9.27. The highest BCUT2D eigenvalue weighted by atomic mass is 35.6. The zero-order valence-corrected chi connectivity index (χ0v) is 25.4. The topological polar surface area (TPSA) is 106 Å². The molecule has 8 nitrogen and oxygen atoms in total. The number of thiocarbonyl (C=S) groups is 1. The fourth-order valence-corrected chi connectivity index (χ4v) is 4.48. The first-order valence-electron chi connectivity index (χ1n) is 13.3. The summed E-state index contributed by atoms with van der Waals surface area (Å²) in [5, 5.41) is 19.3. The fourth-order valence-electron chi connectivity index (χ4n) is 3.92. The first-order valence-corrected chi connectivity index (χ1v) is 14.9. The number of carbonyl (C=O) groups is 1. The zero-order chi connectivity index (χ0) is 28.4. The van der Waals surface area contributed by atoms with Gasteiger partial charge in [0.15, 0.2) is 5.11 Å². The average molecular weight is 612 g/mol.